The van der Waals surface area contributed by atoms with Crippen LogP contribution in [0.1, 0.15) is 27.9 Å². The zero-order valence-electron chi connectivity index (χ0n) is 13.3. The van der Waals surface area contributed by atoms with E-state index < -0.39 is 5.97 Å². The monoisotopic (exact) mass is 336 g/mol. The molecular weight excluding hydrogens is 320 g/mol. The molecule has 25 heavy (non-hydrogen) atoms. The van der Waals surface area contributed by atoms with Gasteiger partial charge in [0, 0.05) is 0 Å². The number of hydrogen-bond acceptors (Lipinski definition) is 4. The summed E-state index contributed by atoms with van der Waals surface area (Å²) in [5, 5.41) is 18.1. The Kier molecular flexibility index (Phi) is 6.01. The standard InChI is InChI=1S/C20H16O5/c21-17-8-4-14(5-9-17)6-10-18(22)13-19(23)11-7-15-2-1-3-16(12-15)20(24)25/h1-12,21H,13H2,(H,24,25). The molecule has 0 spiro atoms. The molecule has 0 unspecified atom stereocenters. The number of carbonyl (C=O) groups is 3. The maximum Gasteiger partial charge on any atom is 0.335 e. The third-order valence-electron chi connectivity index (χ3n) is 3.30. The number of carboxylic acid groups (broad SMARTS) is 1. The average Bonchev–Trinajstić information content (AvgIpc) is 2.60. The molecule has 5 heteroatoms. The number of allylic oxidation sites excluding steroid dienone is 2. The van der Waals surface area contributed by atoms with Crippen molar-refractivity contribution < 1.29 is 24.6 Å². The molecule has 2 aromatic rings. The second kappa shape index (κ2) is 8.40. The Morgan fingerprint density at radius 2 is 1.44 bits per heavy atom. The molecule has 0 radical (unpaired) electrons. The van der Waals surface area contributed by atoms with Gasteiger partial charge in [0.25, 0.3) is 0 Å². The fourth-order valence-corrected chi connectivity index (χ4v) is 2.03. The summed E-state index contributed by atoms with van der Waals surface area (Å²) in [6.45, 7) is 0. The summed E-state index contributed by atoms with van der Waals surface area (Å²) in [6, 6.07) is 12.5. The SMILES string of the molecule is O=C(C=Cc1ccc(O)cc1)CC(=O)C=Cc1cccc(C(=O)O)c1. The molecule has 0 aliphatic rings. The number of hydrogen-bond donors (Lipinski definition) is 2. The van der Waals surface area contributed by atoms with Gasteiger partial charge in [-0.2, -0.15) is 0 Å². The molecule has 0 saturated heterocycles. The molecule has 0 atom stereocenters. The van der Waals surface area contributed by atoms with Gasteiger partial charge in [0.05, 0.1) is 12.0 Å². The van der Waals surface area contributed by atoms with Crippen molar-refractivity contribution >= 4 is 29.7 Å². The molecule has 5 nitrogen and oxygen atoms in total. The van der Waals surface area contributed by atoms with Gasteiger partial charge >= 0.3 is 5.97 Å². The van der Waals surface area contributed by atoms with Crippen LogP contribution in [0.5, 0.6) is 5.75 Å². The van der Waals surface area contributed by atoms with Gasteiger partial charge in [0.1, 0.15) is 5.75 Å². The summed E-state index contributed by atoms with van der Waals surface area (Å²) < 4.78 is 0. The molecule has 126 valence electrons. The number of aromatic carboxylic acids is 1. The molecule has 2 rings (SSSR count). The number of carboxylic acids is 1. The third-order valence-corrected chi connectivity index (χ3v) is 3.30. The minimum absolute atomic E-state index is 0.127. The predicted molar refractivity (Wildman–Crippen MR) is 94.2 cm³/mol. The van der Waals surface area contributed by atoms with E-state index in [1.165, 1.54) is 42.5 Å². The first-order valence-corrected chi connectivity index (χ1v) is 7.48. The molecule has 0 fully saturated rings. The van der Waals surface area contributed by atoms with E-state index in [4.69, 9.17) is 5.11 Å². The zero-order chi connectivity index (χ0) is 18.2. The van der Waals surface area contributed by atoms with E-state index in [9.17, 15) is 19.5 Å². The van der Waals surface area contributed by atoms with Crippen molar-refractivity contribution in [2.45, 2.75) is 6.42 Å². The van der Waals surface area contributed by atoms with Crippen molar-refractivity contribution in [2.75, 3.05) is 0 Å². The van der Waals surface area contributed by atoms with E-state index >= 15 is 0 Å². The quantitative estimate of drug-likeness (QED) is 0.597. The molecule has 0 bridgehead atoms. The van der Waals surface area contributed by atoms with Crippen molar-refractivity contribution in [3.63, 3.8) is 0 Å². The van der Waals surface area contributed by atoms with E-state index in [0.717, 1.165) is 5.56 Å². The van der Waals surface area contributed by atoms with E-state index in [-0.39, 0.29) is 29.3 Å². The first-order chi connectivity index (χ1) is 11.9. The van der Waals surface area contributed by atoms with Gasteiger partial charge in [-0.25, -0.2) is 4.79 Å². The molecule has 0 heterocycles. The van der Waals surface area contributed by atoms with E-state index in [2.05, 4.69) is 0 Å². The van der Waals surface area contributed by atoms with Crippen LogP contribution in [-0.4, -0.2) is 27.7 Å². The largest absolute Gasteiger partial charge is 0.508 e. The van der Waals surface area contributed by atoms with Crippen molar-refractivity contribution in [2.24, 2.45) is 0 Å². The number of rotatable bonds is 7. The molecule has 2 N–H and O–H groups in total. The number of carbonyl (C=O) groups excluding carboxylic acids is 2. The molecule has 0 aromatic heterocycles. The maximum atomic E-state index is 11.8. The van der Waals surface area contributed by atoms with Gasteiger partial charge in [0.15, 0.2) is 11.6 Å². The smallest absolute Gasteiger partial charge is 0.335 e. The number of phenolic OH excluding ortho intramolecular Hbond substituents is 1. The second-order valence-corrected chi connectivity index (χ2v) is 5.30. The fraction of sp³-hybridized carbons (Fsp3) is 0.0500. The second-order valence-electron chi connectivity index (χ2n) is 5.30. The Hall–Kier alpha value is -3.47. The summed E-state index contributed by atoms with van der Waals surface area (Å²) in [7, 11) is 0. The fourth-order valence-electron chi connectivity index (χ4n) is 2.03. The van der Waals surface area contributed by atoms with Gasteiger partial charge in [-0.1, -0.05) is 36.4 Å². The van der Waals surface area contributed by atoms with Crippen molar-refractivity contribution in [3.8, 4) is 5.75 Å². The lowest BCUT2D eigenvalue weighted by molar-refractivity contribution is -0.121. The highest BCUT2D eigenvalue weighted by atomic mass is 16.4. The summed E-state index contributed by atoms with van der Waals surface area (Å²) in [5.41, 5.74) is 1.43. The Balaban J connectivity index is 1.92. The molecular formula is C20H16O5. The summed E-state index contributed by atoms with van der Waals surface area (Å²) in [5.74, 6) is -1.63. The van der Waals surface area contributed by atoms with Crippen LogP contribution in [0.2, 0.25) is 0 Å². The van der Waals surface area contributed by atoms with Crippen LogP contribution in [0.3, 0.4) is 0 Å². The molecule has 0 amide bonds. The van der Waals surface area contributed by atoms with E-state index in [1.54, 1.807) is 30.3 Å². The topological polar surface area (TPSA) is 91.7 Å². The van der Waals surface area contributed by atoms with Crippen LogP contribution in [-0.2, 0) is 9.59 Å². The van der Waals surface area contributed by atoms with Crippen LogP contribution >= 0.6 is 0 Å². The van der Waals surface area contributed by atoms with Crippen molar-refractivity contribution in [1.82, 2.24) is 0 Å². The normalized spacial score (nSPS) is 11.0. The van der Waals surface area contributed by atoms with Crippen molar-refractivity contribution in [1.29, 1.82) is 0 Å². The van der Waals surface area contributed by atoms with Gasteiger partial charge in [-0.05, 0) is 47.5 Å². The number of aromatic hydroxyl groups is 1. The Bertz CT molecular complexity index is 845. The van der Waals surface area contributed by atoms with Crippen LogP contribution < -0.4 is 0 Å². The molecule has 0 aliphatic heterocycles. The number of benzene rings is 2. The van der Waals surface area contributed by atoms with Gasteiger partial charge in [-0.15, -0.1) is 0 Å². The maximum absolute atomic E-state index is 11.8. The third kappa shape index (κ3) is 5.91. The minimum atomic E-state index is -1.05. The van der Waals surface area contributed by atoms with Gasteiger partial charge < -0.3 is 10.2 Å². The average molecular weight is 336 g/mol. The first-order valence-electron chi connectivity index (χ1n) is 7.48. The van der Waals surface area contributed by atoms with Crippen LogP contribution in [0.4, 0.5) is 0 Å². The first kappa shape index (κ1) is 17.9. The Morgan fingerprint density at radius 1 is 0.840 bits per heavy atom. The van der Waals surface area contributed by atoms with E-state index in [1.807, 2.05) is 0 Å². The highest BCUT2D eigenvalue weighted by molar-refractivity contribution is 6.10. The Labute approximate surface area is 144 Å². The lowest BCUT2D eigenvalue weighted by Gasteiger charge is -1.97. The van der Waals surface area contributed by atoms with E-state index in [0.29, 0.717) is 5.56 Å². The minimum Gasteiger partial charge on any atom is -0.508 e. The lowest BCUT2D eigenvalue weighted by Crippen LogP contribution is -2.02. The van der Waals surface area contributed by atoms with Crippen LogP contribution in [0.15, 0.2) is 60.7 Å². The predicted octanol–water partition coefficient (Wildman–Crippen LogP) is 3.35. The van der Waals surface area contributed by atoms with Gasteiger partial charge in [0.2, 0.25) is 0 Å². The van der Waals surface area contributed by atoms with Gasteiger partial charge in [-0.3, -0.25) is 9.59 Å². The van der Waals surface area contributed by atoms with Crippen molar-refractivity contribution in [3.05, 3.63) is 77.4 Å². The number of ketones is 2. The summed E-state index contributed by atoms with van der Waals surface area (Å²) >= 11 is 0. The van der Waals surface area contributed by atoms with Crippen LogP contribution in [0.25, 0.3) is 12.2 Å². The highest BCUT2D eigenvalue weighted by Crippen LogP contribution is 2.11. The van der Waals surface area contributed by atoms with Crippen LogP contribution in [0, 0.1) is 0 Å². The Morgan fingerprint density at radius 3 is 2.04 bits per heavy atom. The lowest BCUT2D eigenvalue weighted by atomic mass is 10.1. The zero-order valence-corrected chi connectivity index (χ0v) is 13.3. The molecule has 2 aromatic carbocycles. The molecule has 0 saturated carbocycles. The summed E-state index contributed by atoms with van der Waals surface area (Å²) in [4.78, 5) is 34.5. The number of phenols is 1. The summed E-state index contributed by atoms with van der Waals surface area (Å²) in [6.07, 6.45) is 5.33. The highest BCUT2D eigenvalue weighted by Gasteiger charge is 2.05. The molecule has 0 aliphatic carbocycles.